The van der Waals surface area contributed by atoms with E-state index in [2.05, 4.69) is 46.3 Å². The number of ketones is 1. The van der Waals surface area contributed by atoms with Crippen molar-refractivity contribution in [3.63, 3.8) is 0 Å². The summed E-state index contributed by atoms with van der Waals surface area (Å²) in [5, 5.41) is 0. The van der Waals surface area contributed by atoms with Crippen molar-refractivity contribution < 1.29 is 22.7 Å². The number of primary amides is 1. The number of hydrogen-bond donors (Lipinski definition) is 2. The van der Waals surface area contributed by atoms with Gasteiger partial charge in [-0.1, -0.05) is 54.0 Å². The molecule has 10 atom stereocenters. The lowest BCUT2D eigenvalue weighted by molar-refractivity contribution is -0.202. The third-order valence-corrected chi connectivity index (χ3v) is 14.9. The fourth-order valence-electron chi connectivity index (χ4n) is 11.5. The van der Waals surface area contributed by atoms with Crippen molar-refractivity contribution in [3.8, 4) is 0 Å². The minimum absolute atomic E-state index is 0.00847. The summed E-state index contributed by atoms with van der Waals surface area (Å²) in [5.74, 6) is 0.405. The molecule has 41 heavy (non-hydrogen) atoms. The first-order valence-electron chi connectivity index (χ1n) is 15.7. The molecule has 0 heterocycles. The molecule has 0 saturated heterocycles. The minimum atomic E-state index is -3.43. The lowest BCUT2D eigenvalue weighted by Gasteiger charge is -2.71. The summed E-state index contributed by atoms with van der Waals surface area (Å²) in [6.45, 7) is 16.1. The first-order valence-corrected chi connectivity index (χ1v) is 17.6. The van der Waals surface area contributed by atoms with E-state index in [0.29, 0.717) is 0 Å². The lowest BCUT2D eigenvalue weighted by atomic mass is 9.33. The zero-order chi connectivity index (χ0) is 30.6. The van der Waals surface area contributed by atoms with E-state index in [4.69, 9.17) is 10.5 Å². The molecule has 5 rings (SSSR count). The molecule has 4 saturated carbocycles. The van der Waals surface area contributed by atoms with Gasteiger partial charge in [-0.05, 0) is 103 Å². The van der Waals surface area contributed by atoms with Crippen LogP contribution in [0.3, 0.4) is 0 Å². The molecule has 8 heteroatoms. The van der Waals surface area contributed by atoms with E-state index in [1.54, 1.807) is 7.11 Å². The maximum absolute atomic E-state index is 14.6. The highest BCUT2D eigenvalue weighted by Crippen LogP contribution is 2.75. The molecule has 5 aliphatic rings. The van der Waals surface area contributed by atoms with Crippen molar-refractivity contribution in [2.24, 2.45) is 61.9 Å². The number of hydrogen-bond acceptors (Lipinski definition) is 5. The Morgan fingerprint density at radius 2 is 1.63 bits per heavy atom. The van der Waals surface area contributed by atoms with E-state index < -0.39 is 21.7 Å². The molecular formula is C33H54N2O5S. The van der Waals surface area contributed by atoms with Gasteiger partial charge in [0, 0.05) is 24.4 Å². The number of rotatable bonds is 5. The van der Waals surface area contributed by atoms with Crippen LogP contribution in [0.25, 0.3) is 0 Å². The Morgan fingerprint density at radius 3 is 2.22 bits per heavy atom. The predicted octanol–water partition coefficient (Wildman–Crippen LogP) is 5.59. The molecule has 0 aliphatic heterocycles. The van der Waals surface area contributed by atoms with Gasteiger partial charge in [-0.25, -0.2) is 8.42 Å². The Hall–Kier alpha value is -1.25. The second kappa shape index (κ2) is 9.37. The molecule has 7 nitrogen and oxygen atoms in total. The standard InChI is InChI=1S/C33H54N2O5S/c1-28(2)20(26(40-8)35-41(9,38)39)10-12-31(5)24(28)11-13-33(7)25(31)23(36)18-21-22-19-30(4,27(34)37)15-14-29(22,3)16-17-32(21,33)6/h18,20,22,24-26,35H,10-17,19H2,1-9H3,(H2,34,37)/t20-,22-,24?,25+,26?,29+,30-,31-,32+,33+/m0/s1. The molecule has 0 aromatic heterocycles. The Morgan fingerprint density at radius 1 is 1.00 bits per heavy atom. The van der Waals surface area contributed by atoms with Crippen molar-refractivity contribution in [2.75, 3.05) is 13.4 Å². The highest BCUT2D eigenvalue weighted by Gasteiger charge is 2.70. The number of ether oxygens (including phenoxy) is 1. The molecule has 0 aromatic carbocycles. The van der Waals surface area contributed by atoms with Crippen molar-refractivity contribution in [3.05, 3.63) is 11.6 Å². The molecule has 5 aliphatic carbocycles. The van der Waals surface area contributed by atoms with Gasteiger partial charge in [-0.2, -0.15) is 4.72 Å². The number of fused-ring (bicyclic) bond motifs is 7. The van der Waals surface area contributed by atoms with Gasteiger partial charge in [0.25, 0.3) is 0 Å². The Kier molecular flexibility index (Phi) is 7.13. The van der Waals surface area contributed by atoms with Gasteiger partial charge in [0.15, 0.2) is 5.78 Å². The number of amides is 1. The molecule has 3 N–H and O–H groups in total. The number of nitrogens with one attached hydrogen (secondary N) is 1. The molecule has 4 fully saturated rings. The quantitative estimate of drug-likeness (QED) is 0.405. The van der Waals surface area contributed by atoms with Crippen LogP contribution < -0.4 is 10.5 Å². The fourth-order valence-corrected chi connectivity index (χ4v) is 12.2. The van der Waals surface area contributed by atoms with Crippen LogP contribution in [0.4, 0.5) is 0 Å². The monoisotopic (exact) mass is 590 g/mol. The first kappa shape index (κ1) is 31.2. The van der Waals surface area contributed by atoms with Gasteiger partial charge in [0.2, 0.25) is 15.9 Å². The Balaban J connectivity index is 1.55. The summed E-state index contributed by atoms with van der Waals surface area (Å²) in [6.07, 6.45) is 10.9. The van der Waals surface area contributed by atoms with Gasteiger partial charge in [-0.3, -0.25) is 9.59 Å². The van der Waals surface area contributed by atoms with Crippen LogP contribution in [0.2, 0.25) is 0 Å². The van der Waals surface area contributed by atoms with E-state index in [9.17, 15) is 18.0 Å². The van der Waals surface area contributed by atoms with E-state index in [0.717, 1.165) is 57.8 Å². The second-order valence-electron chi connectivity index (χ2n) is 16.6. The maximum Gasteiger partial charge on any atom is 0.223 e. The van der Waals surface area contributed by atoms with Crippen molar-refractivity contribution in [1.82, 2.24) is 4.72 Å². The van der Waals surface area contributed by atoms with E-state index in [1.807, 2.05) is 13.0 Å². The number of sulfonamides is 1. The van der Waals surface area contributed by atoms with Crippen molar-refractivity contribution in [2.45, 2.75) is 112 Å². The molecule has 232 valence electrons. The van der Waals surface area contributed by atoms with Crippen LogP contribution in [0.15, 0.2) is 11.6 Å². The van der Waals surface area contributed by atoms with Gasteiger partial charge in [0.1, 0.15) is 6.23 Å². The molecule has 0 bridgehead atoms. The number of nitrogens with two attached hydrogens (primary N) is 1. The largest absolute Gasteiger partial charge is 0.369 e. The summed E-state index contributed by atoms with van der Waals surface area (Å²) in [7, 11) is -1.86. The first-order chi connectivity index (χ1) is 18.7. The fraction of sp³-hybridized carbons (Fsp3) is 0.879. The Bertz CT molecular complexity index is 1280. The normalized spacial score (nSPS) is 48.1. The smallest absolute Gasteiger partial charge is 0.223 e. The van der Waals surface area contributed by atoms with E-state index in [1.165, 1.54) is 11.8 Å². The molecule has 0 aromatic rings. The highest BCUT2D eigenvalue weighted by atomic mass is 32.2. The summed E-state index contributed by atoms with van der Waals surface area (Å²) in [4.78, 5) is 27.1. The molecule has 1 amide bonds. The number of carbonyl (C=O) groups excluding carboxylic acids is 2. The zero-order valence-electron chi connectivity index (χ0n) is 26.9. The van der Waals surface area contributed by atoms with Gasteiger partial charge >= 0.3 is 0 Å². The Labute approximate surface area is 248 Å². The second-order valence-corrected chi connectivity index (χ2v) is 18.4. The maximum atomic E-state index is 14.6. The third kappa shape index (κ3) is 4.34. The van der Waals surface area contributed by atoms with Crippen LogP contribution >= 0.6 is 0 Å². The van der Waals surface area contributed by atoms with Gasteiger partial charge in [0.05, 0.1) is 6.26 Å². The van der Waals surface area contributed by atoms with Crippen molar-refractivity contribution >= 4 is 21.7 Å². The lowest BCUT2D eigenvalue weighted by Crippen LogP contribution is -2.67. The summed E-state index contributed by atoms with van der Waals surface area (Å²) >= 11 is 0. The van der Waals surface area contributed by atoms with Crippen LogP contribution in [0.1, 0.15) is 106 Å². The van der Waals surface area contributed by atoms with Crippen LogP contribution in [-0.4, -0.2) is 39.7 Å². The van der Waals surface area contributed by atoms with Gasteiger partial charge in [-0.15, -0.1) is 0 Å². The summed E-state index contributed by atoms with van der Waals surface area (Å²) < 4.78 is 32.8. The van der Waals surface area contributed by atoms with Crippen LogP contribution in [0, 0.1) is 56.2 Å². The average Bonchev–Trinajstić information content (AvgIpc) is 2.84. The number of methoxy groups -OCH3 is 1. The van der Waals surface area contributed by atoms with E-state index in [-0.39, 0.29) is 62.4 Å². The third-order valence-electron chi connectivity index (χ3n) is 14.2. The number of carbonyl (C=O) groups is 2. The average molecular weight is 591 g/mol. The summed E-state index contributed by atoms with van der Waals surface area (Å²) in [5.41, 5.74) is 6.06. The SMILES string of the molecule is COC(NS(C)(=O)=O)[C@@H]1CC[C@@]2(C)C(CC[C@]3(C)[C@@H]2C(=O)C=C2[C@@H]4C[C@@](C)(C(N)=O)CC[C@]4(C)CC[C@]23C)C1(C)C. The molecule has 0 radical (unpaired) electrons. The molecule has 0 spiro atoms. The minimum Gasteiger partial charge on any atom is -0.369 e. The van der Waals surface area contributed by atoms with Crippen LogP contribution in [0.5, 0.6) is 0 Å². The highest BCUT2D eigenvalue weighted by molar-refractivity contribution is 7.88. The van der Waals surface area contributed by atoms with Crippen molar-refractivity contribution in [1.29, 1.82) is 0 Å². The molecular weight excluding hydrogens is 536 g/mol. The van der Waals surface area contributed by atoms with Gasteiger partial charge < -0.3 is 10.5 Å². The summed E-state index contributed by atoms with van der Waals surface area (Å²) in [6, 6.07) is 0. The number of allylic oxidation sites excluding steroid dienone is 2. The van der Waals surface area contributed by atoms with Crippen LogP contribution in [-0.2, 0) is 24.3 Å². The van der Waals surface area contributed by atoms with E-state index >= 15 is 0 Å². The topological polar surface area (TPSA) is 116 Å². The zero-order valence-corrected chi connectivity index (χ0v) is 27.7. The molecule has 2 unspecified atom stereocenters. The predicted molar refractivity (Wildman–Crippen MR) is 161 cm³/mol.